The highest BCUT2D eigenvalue weighted by Crippen LogP contribution is 2.67. The Labute approximate surface area is 279 Å². The molecule has 0 spiro atoms. The second kappa shape index (κ2) is 15.2. The first-order valence-corrected chi connectivity index (χ1v) is 19.6. The standard InChI is InChI=1S/C37H64NO7P/c1-10-28(26(2)3)12-11-27(4)32-15-16-33-31-14-13-29-25-30(17-19-36(29,5)34(31)18-20-37(32,33)6)45-35(39)42-23-24-44-46(40,41)43-22-21-38(7,8)9/h11-13,26-28,30-34H,10,14-25H2,1-9H3/p+1/b12-11+/t27-,28-,30?,31+,32-,33+,34+,36+,37-/m1/s1. The van der Waals surface area contributed by atoms with Gasteiger partial charge in [-0.05, 0) is 104 Å². The van der Waals surface area contributed by atoms with Crippen molar-refractivity contribution in [2.24, 2.45) is 52.3 Å². The molecule has 0 bridgehead atoms. The largest absolute Gasteiger partial charge is 0.508 e. The van der Waals surface area contributed by atoms with Gasteiger partial charge in [-0.15, -0.1) is 0 Å². The summed E-state index contributed by atoms with van der Waals surface area (Å²) in [6.45, 7) is 14.8. The average Bonchev–Trinajstić information content (AvgIpc) is 3.32. The van der Waals surface area contributed by atoms with E-state index in [1.807, 2.05) is 21.1 Å². The van der Waals surface area contributed by atoms with Gasteiger partial charge in [-0.25, -0.2) is 9.36 Å². The van der Waals surface area contributed by atoms with Gasteiger partial charge in [0.15, 0.2) is 0 Å². The van der Waals surface area contributed by atoms with E-state index in [2.05, 4.69) is 59.8 Å². The third kappa shape index (κ3) is 8.88. The maximum Gasteiger partial charge on any atom is 0.508 e. The number of hydrogen-bond donors (Lipinski definition) is 1. The molecule has 0 saturated heterocycles. The van der Waals surface area contributed by atoms with Crippen LogP contribution in [0, 0.1) is 52.3 Å². The van der Waals surface area contributed by atoms with Gasteiger partial charge in [0.1, 0.15) is 25.9 Å². The number of phosphoric acid groups is 1. The first-order chi connectivity index (χ1) is 21.5. The Hall–Kier alpha value is -1.18. The molecule has 264 valence electrons. The maximum atomic E-state index is 12.5. The highest BCUT2D eigenvalue weighted by Gasteiger charge is 2.59. The zero-order valence-corrected chi connectivity index (χ0v) is 31.2. The molecule has 9 heteroatoms. The molecule has 4 aliphatic carbocycles. The van der Waals surface area contributed by atoms with Gasteiger partial charge in [-0.3, -0.25) is 9.05 Å². The Balaban J connectivity index is 1.27. The summed E-state index contributed by atoms with van der Waals surface area (Å²) in [5, 5.41) is 0. The Bertz CT molecular complexity index is 1150. The van der Waals surface area contributed by atoms with E-state index in [1.165, 1.54) is 37.7 Å². The number of likely N-dealkylation sites (N-methyl/N-ethyl adjacent to an activating group) is 1. The monoisotopic (exact) mass is 666 g/mol. The van der Waals surface area contributed by atoms with Gasteiger partial charge in [-0.1, -0.05) is 65.3 Å². The molecule has 3 saturated carbocycles. The number of rotatable bonds is 14. The van der Waals surface area contributed by atoms with Crippen molar-refractivity contribution >= 4 is 14.0 Å². The van der Waals surface area contributed by atoms with Crippen LogP contribution >= 0.6 is 7.82 Å². The van der Waals surface area contributed by atoms with Gasteiger partial charge in [0.25, 0.3) is 0 Å². The fourth-order valence-electron chi connectivity index (χ4n) is 9.83. The molecule has 10 atom stereocenters. The highest BCUT2D eigenvalue weighted by atomic mass is 31.2. The number of allylic oxidation sites excluding steroid dienone is 3. The van der Waals surface area contributed by atoms with Crippen LogP contribution in [-0.2, 0) is 23.1 Å². The average molecular weight is 667 g/mol. The van der Waals surface area contributed by atoms with Gasteiger partial charge in [0.2, 0.25) is 0 Å². The normalized spacial score (nSPS) is 35.5. The lowest BCUT2D eigenvalue weighted by Gasteiger charge is -2.58. The lowest BCUT2D eigenvalue weighted by atomic mass is 9.47. The first kappa shape index (κ1) is 37.6. The maximum absolute atomic E-state index is 12.5. The van der Waals surface area contributed by atoms with Gasteiger partial charge >= 0.3 is 14.0 Å². The lowest BCUT2D eigenvalue weighted by Crippen LogP contribution is -2.51. The number of nitrogens with zero attached hydrogens (tertiary/aromatic N) is 1. The van der Waals surface area contributed by atoms with Crippen LogP contribution in [0.3, 0.4) is 0 Å². The van der Waals surface area contributed by atoms with E-state index < -0.39 is 14.0 Å². The summed E-state index contributed by atoms with van der Waals surface area (Å²) in [7, 11) is 1.70. The van der Waals surface area contributed by atoms with Crippen molar-refractivity contribution in [1.29, 1.82) is 0 Å². The molecule has 0 amide bonds. The number of carbonyl (C=O) groups is 1. The molecule has 0 aromatic carbocycles. The summed E-state index contributed by atoms with van der Waals surface area (Å²) in [6.07, 6.45) is 16.9. The molecule has 1 N–H and O–H groups in total. The van der Waals surface area contributed by atoms with Crippen molar-refractivity contribution in [3.63, 3.8) is 0 Å². The van der Waals surface area contributed by atoms with Crippen LogP contribution in [0.2, 0.25) is 0 Å². The minimum Gasteiger partial charge on any atom is -0.432 e. The smallest absolute Gasteiger partial charge is 0.432 e. The summed E-state index contributed by atoms with van der Waals surface area (Å²) >= 11 is 0. The summed E-state index contributed by atoms with van der Waals surface area (Å²) < 4.78 is 33.5. The minimum atomic E-state index is -4.19. The molecule has 0 radical (unpaired) electrons. The van der Waals surface area contributed by atoms with Crippen LogP contribution in [0.25, 0.3) is 0 Å². The first-order valence-electron chi connectivity index (χ1n) is 18.1. The Morgan fingerprint density at radius 1 is 1.02 bits per heavy atom. The second-order valence-corrected chi connectivity index (χ2v) is 18.2. The molecule has 3 fully saturated rings. The minimum absolute atomic E-state index is 0.0908. The number of phosphoric ester groups is 1. The molecule has 8 nitrogen and oxygen atoms in total. The molecule has 4 aliphatic rings. The second-order valence-electron chi connectivity index (χ2n) is 16.8. The molecule has 0 aliphatic heterocycles. The van der Waals surface area contributed by atoms with E-state index in [0.29, 0.717) is 40.1 Å². The SMILES string of the molecule is CC[C@H](/C=C/[C@@H](C)[C@H]1CC[C@H]2[C@@H]3CC=C4CC(OC(=O)OCCOP(=O)(O)OCC[N+](C)(C)C)CC[C@]4(C)[C@H]3CC[C@]12C)C(C)C. The summed E-state index contributed by atoms with van der Waals surface area (Å²) in [5.41, 5.74) is 2.05. The van der Waals surface area contributed by atoms with Gasteiger partial charge < -0.3 is 18.9 Å². The van der Waals surface area contributed by atoms with Gasteiger partial charge in [0, 0.05) is 6.42 Å². The fraction of sp³-hybridized carbons (Fsp3) is 0.865. The van der Waals surface area contributed by atoms with Crippen molar-refractivity contribution in [3.05, 3.63) is 23.8 Å². The number of fused-ring (bicyclic) bond motifs is 5. The third-order valence-electron chi connectivity index (χ3n) is 12.6. The molecule has 0 heterocycles. The van der Waals surface area contributed by atoms with Crippen molar-refractivity contribution in [2.75, 3.05) is 47.5 Å². The predicted octanol–water partition coefficient (Wildman–Crippen LogP) is 8.80. The Kier molecular flexibility index (Phi) is 12.4. The van der Waals surface area contributed by atoms with Crippen LogP contribution in [0.5, 0.6) is 0 Å². The molecular weight excluding hydrogens is 601 g/mol. The van der Waals surface area contributed by atoms with Crippen LogP contribution in [0.4, 0.5) is 4.79 Å². The van der Waals surface area contributed by atoms with Crippen LogP contribution < -0.4 is 0 Å². The van der Waals surface area contributed by atoms with Crippen LogP contribution in [0.1, 0.15) is 99.3 Å². The van der Waals surface area contributed by atoms with Crippen LogP contribution in [0.15, 0.2) is 23.8 Å². The van der Waals surface area contributed by atoms with Crippen molar-refractivity contribution in [1.82, 2.24) is 0 Å². The highest BCUT2D eigenvalue weighted by molar-refractivity contribution is 7.47. The zero-order valence-electron chi connectivity index (χ0n) is 30.3. The van der Waals surface area contributed by atoms with Gasteiger partial charge in [-0.2, -0.15) is 0 Å². The fourth-order valence-corrected chi connectivity index (χ4v) is 10.5. The molecule has 46 heavy (non-hydrogen) atoms. The summed E-state index contributed by atoms with van der Waals surface area (Å²) in [4.78, 5) is 22.3. The summed E-state index contributed by atoms with van der Waals surface area (Å²) in [6, 6.07) is 0. The zero-order chi connectivity index (χ0) is 33.9. The number of hydrogen-bond acceptors (Lipinski definition) is 6. The molecule has 4 rings (SSSR count). The topological polar surface area (TPSA) is 91.3 Å². The molecule has 0 aromatic heterocycles. The lowest BCUT2D eigenvalue weighted by molar-refractivity contribution is -0.870. The van der Waals surface area contributed by atoms with Crippen LogP contribution in [-0.4, -0.2) is 69.1 Å². The predicted molar refractivity (Wildman–Crippen MR) is 183 cm³/mol. The van der Waals surface area contributed by atoms with Gasteiger partial charge in [0.05, 0.1) is 27.7 Å². The molecule has 2 unspecified atom stereocenters. The number of quaternary nitrogens is 1. The van der Waals surface area contributed by atoms with E-state index >= 15 is 0 Å². The van der Waals surface area contributed by atoms with Crippen molar-refractivity contribution in [3.8, 4) is 0 Å². The molecular formula is C37H65NO7P+. The number of carbonyl (C=O) groups excluding carboxylic acids is 1. The van der Waals surface area contributed by atoms with Crippen molar-refractivity contribution < 1.29 is 37.3 Å². The van der Waals surface area contributed by atoms with E-state index in [1.54, 1.807) is 0 Å². The van der Waals surface area contributed by atoms with E-state index in [-0.39, 0.29) is 31.3 Å². The van der Waals surface area contributed by atoms with E-state index in [0.717, 1.165) is 43.4 Å². The Morgan fingerprint density at radius 3 is 2.41 bits per heavy atom. The van der Waals surface area contributed by atoms with Crippen molar-refractivity contribution in [2.45, 2.75) is 105 Å². The summed E-state index contributed by atoms with van der Waals surface area (Å²) in [5.74, 6) is 5.00. The third-order valence-corrected chi connectivity index (χ3v) is 13.6. The molecule has 0 aromatic rings. The number of ether oxygens (including phenoxy) is 2. The van der Waals surface area contributed by atoms with E-state index in [4.69, 9.17) is 18.5 Å². The quantitative estimate of drug-likeness (QED) is 0.0651. The Morgan fingerprint density at radius 2 is 1.74 bits per heavy atom. The van der Waals surface area contributed by atoms with E-state index in [9.17, 15) is 14.3 Å².